The first kappa shape index (κ1) is 18.5. The molecule has 1 aromatic rings. The van der Waals surface area contributed by atoms with Crippen LogP contribution in [0, 0.1) is 5.92 Å². The van der Waals surface area contributed by atoms with Gasteiger partial charge in [0.1, 0.15) is 17.6 Å². The van der Waals surface area contributed by atoms with Gasteiger partial charge in [0.15, 0.2) is 0 Å². The predicted molar refractivity (Wildman–Crippen MR) is 84.1 cm³/mol. The molecule has 0 aromatic heterocycles. The number of ether oxygens (including phenoxy) is 3. The number of benzene rings is 1. The van der Waals surface area contributed by atoms with E-state index < -0.39 is 12.2 Å². The molecular formula is C17H26O5. The third-order valence-corrected chi connectivity index (χ3v) is 3.53. The smallest absolute Gasteiger partial charge is 0.314 e. The molecule has 22 heavy (non-hydrogen) atoms. The van der Waals surface area contributed by atoms with Gasteiger partial charge in [0.05, 0.1) is 19.1 Å². The van der Waals surface area contributed by atoms with Gasteiger partial charge < -0.3 is 19.3 Å². The minimum Gasteiger partial charge on any atom is -0.497 e. The lowest BCUT2D eigenvalue weighted by atomic mass is 10.0. The van der Waals surface area contributed by atoms with Gasteiger partial charge in [-0.2, -0.15) is 0 Å². The maximum absolute atomic E-state index is 12.0. The summed E-state index contributed by atoms with van der Waals surface area (Å²) in [7, 11) is 1.56. The number of methoxy groups -OCH3 is 1. The summed E-state index contributed by atoms with van der Waals surface area (Å²) in [5.74, 6) is 0.524. The molecule has 0 aliphatic rings. The lowest BCUT2D eigenvalue weighted by Crippen LogP contribution is -2.22. The van der Waals surface area contributed by atoms with Crippen LogP contribution in [0.25, 0.3) is 0 Å². The van der Waals surface area contributed by atoms with E-state index in [0.29, 0.717) is 30.1 Å². The highest BCUT2D eigenvalue weighted by atomic mass is 16.5. The quantitative estimate of drug-likeness (QED) is 0.590. The van der Waals surface area contributed by atoms with Crippen LogP contribution in [0.3, 0.4) is 0 Å². The Labute approximate surface area is 132 Å². The fourth-order valence-corrected chi connectivity index (χ4v) is 2.01. The minimum absolute atomic E-state index is 0.188. The average molecular weight is 310 g/mol. The SMILES string of the molecule is CCO[C@H](c1cc(OC)ccc1OC(=O)[C@H](C)CC)[C@@H](C)O. The van der Waals surface area contributed by atoms with Crippen LogP contribution in [-0.4, -0.2) is 30.9 Å². The average Bonchev–Trinajstić information content (AvgIpc) is 2.51. The summed E-state index contributed by atoms with van der Waals surface area (Å²) in [5.41, 5.74) is 0.604. The molecular weight excluding hydrogens is 284 g/mol. The van der Waals surface area contributed by atoms with Gasteiger partial charge in [-0.05, 0) is 38.5 Å². The summed E-state index contributed by atoms with van der Waals surface area (Å²) < 4.78 is 16.3. The minimum atomic E-state index is -0.742. The van der Waals surface area contributed by atoms with Crippen molar-refractivity contribution in [2.24, 2.45) is 5.92 Å². The van der Waals surface area contributed by atoms with Crippen molar-refractivity contribution in [1.29, 1.82) is 0 Å². The molecule has 5 heteroatoms. The number of hydrogen-bond donors (Lipinski definition) is 1. The fourth-order valence-electron chi connectivity index (χ4n) is 2.01. The van der Waals surface area contributed by atoms with Gasteiger partial charge in [-0.25, -0.2) is 0 Å². The summed E-state index contributed by atoms with van der Waals surface area (Å²) >= 11 is 0. The second-order valence-electron chi connectivity index (χ2n) is 5.25. The first-order valence-corrected chi connectivity index (χ1v) is 7.63. The van der Waals surface area contributed by atoms with Gasteiger partial charge in [0.25, 0.3) is 0 Å². The van der Waals surface area contributed by atoms with Crippen LogP contribution in [0.4, 0.5) is 0 Å². The van der Waals surface area contributed by atoms with E-state index in [2.05, 4.69) is 0 Å². The number of rotatable bonds is 8. The van der Waals surface area contributed by atoms with Gasteiger partial charge in [0.2, 0.25) is 0 Å². The predicted octanol–water partition coefficient (Wildman–Crippen LogP) is 3.11. The molecule has 0 amide bonds. The van der Waals surface area contributed by atoms with Gasteiger partial charge >= 0.3 is 5.97 Å². The first-order chi connectivity index (χ1) is 10.4. The molecule has 0 aliphatic heterocycles. The monoisotopic (exact) mass is 310 g/mol. The molecule has 0 unspecified atom stereocenters. The van der Waals surface area contributed by atoms with E-state index in [0.717, 1.165) is 0 Å². The van der Waals surface area contributed by atoms with E-state index in [1.165, 1.54) is 0 Å². The molecule has 3 atom stereocenters. The van der Waals surface area contributed by atoms with E-state index in [1.54, 1.807) is 32.2 Å². The molecule has 5 nitrogen and oxygen atoms in total. The maximum Gasteiger partial charge on any atom is 0.314 e. The Morgan fingerprint density at radius 1 is 1.27 bits per heavy atom. The second-order valence-corrected chi connectivity index (χ2v) is 5.25. The first-order valence-electron chi connectivity index (χ1n) is 7.63. The molecule has 1 rings (SSSR count). The molecule has 0 saturated heterocycles. The lowest BCUT2D eigenvalue weighted by molar-refractivity contribution is -0.138. The van der Waals surface area contributed by atoms with E-state index in [4.69, 9.17) is 14.2 Å². The molecule has 0 spiro atoms. The van der Waals surface area contributed by atoms with Gasteiger partial charge in [0, 0.05) is 12.2 Å². The van der Waals surface area contributed by atoms with Crippen molar-refractivity contribution in [2.45, 2.75) is 46.3 Å². The largest absolute Gasteiger partial charge is 0.497 e. The summed E-state index contributed by atoms with van der Waals surface area (Å²) in [6.45, 7) is 7.67. The van der Waals surface area contributed by atoms with Crippen LogP contribution in [-0.2, 0) is 9.53 Å². The van der Waals surface area contributed by atoms with Crippen molar-refractivity contribution in [3.63, 3.8) is 0 Å². The van der Waals surface area contributed by atoms with Crippen LogP contribution in [0.1, 0.15) is 45.8 Å². The summed E-state index contributed by atoms with van der Waals surface area (Å²) in [6.07, 6.45) is -0.622. The molecule has 0 bridgehead atoms. The molecule has 0 fully saturated rings. The maximum atomic E-state index is 12.0. The van der Waals surface area contributed by atoms with E-state index >= 15 is 0 Å². The van der Waals surface area contributed by atoms with Crippen molar-refractivity contribution in [2.75, 3.05) is 13.7 Å². The number of carbonyl (C=O) groups is 1. The molecule has 1 N–H and O–H groups in total. The highest BCUT2D eigenvalue weighted by Gasteiger charge is 2.24. The molecule has 0 saturated carbocycles. The van der Waals surface area contributed by atoms with E-state index in [-0.39, 0.29) is 11.9 Å². The van der Waals surface area contributed by atoms with Gasteiger partial charge in [-0.3, -0.25) is 4.79 Å². The number of aliphatic hydroxyl groups excluding tert-OH is 1. The number of hydrogen-bond acceptors (Lipinski definition) is 5. The van der Waals surface area contributed by atoms with Crippen LogP contribution >= 0.6 is 0 Å². The third-order valence-electron chi connectivity index (χ3n) is 3.53. The molecule has 0 radical (unpaired) electrons. The van der Waals surface area contributed by atoms with Crippen molar-refractivity contribution in [1.82, 2.24) is 0 Å². The zero-order chi connectivity index (χ0) is 16.7. The Morgan fingerprint density at radius 3 is 2.45 bits per heavy atom. The molecule has 0 heterocycles. The van der Waals surface area contributed by atoms with Crippen LogP contribution < -0.4 is 9.47 Å². The fraction of sp³-hybridized carbons (Fsp3) is 0.588. The summed E-state index contributed by atoms with van der Waals surface area (Å²) in [5, 5.41) is 9.97. The van der Waals surface area contributed by atoms with Gasteiger partial charge in [-0.1, -0.05) is 13.8 Å². The Bertz CT molecular complexity index is 484. The third kappa shape index (κ3) is 4.71. The summed E-state index contributed by atoms with van der Waals surface area (Å²) in [4.78, 5) is 12.0. The van der Waals surface area contributed by atoms with Crippen molar-refractivity contribution < 1.29 is 24.1 Å². The van der Waals surface area contributed by atoms with E-state index in [9.17, 15) is 9.90 Å². The van der Waals surface area contributed by atoms with Crippen molar-refractivity contribution >= 4 is 5.97 Å². The normalized spacial score (nSPS) is 15.0. The Hall–Kier alpha value is -1.59. The van der Waals surface area contributed by atoms with Crippen molar-refractivity contribution in [3.8, 4) is 11.5 Å². The van der Waals surface area contributed by atoms with Crippen LogP contribution in [0.15, 0.2) is 18.2 Å². The molecule has 0 aliphatic carbocycles. The molecule has 1 aromatic carbocycles. The highest BCUT2D eigenvalue weighted by Crippen LogP contribution is 2.34. The number of aliphatic hydroxyl groups is 1. The van der Waals surface area contributed by atoms with Gasteiger partial charge in [-0.15, -0.1) is 0 Å². The standard InChI is InChI=1S/C17H26O5/c1-6-11(3)17(19)22-15-9-8-13(20-5)10-14(15)16(12(4)18)21-7-2/h8-12,16,18H,6-7H2,1-5H3/t11-,12-,16+/m1/s1. The van der Waals surface area contributed by atoms with Crippen LogP contribution in [0.2, 0.25) is 0 Å². The zero-order valence-corrected chi connectivity index (χ0v) is 14.0. The lowest BCUT2D eigenvalue weighted by Gasteiger charge is -2.23. The topological polar surface area (TPSA) is 65.0 Å². The Kier molecular flexibility index (Phi) is 7.35. The highest BCUT2D eigenvalue weighted by molar-refractivity contribution is 5.75. The summed E-state index contributed by atoms with van der Waals surface area (Å²) in [6, 6.07) is 5.11. The van der Waals surface area contributed by atoms with Crippen LogP contribution in [0.5, 0.6) is 11.5 Å². The Balaban J connectivity index is 3.17. The number of esters is 1. The second kappa shape index (κ2) is 8.76. The molecule has 124 valence electrons. The van der Waals surface area contributed by atoms with Crippen molar-refractivity contribution in [3.05, 3.63) is 23.8 Å². The number of carbonyl (C=O) groups excluding carboxylic acids is 1. The Morgan fingerprint density at radius 2 is 1.95 bits per heavy atom. The zero-order valence-electron chi connectivity index (χ0n) is 14.0. The van der Waals surface area contributed by atoms with E-state index in [1.807, 2.05) is 20.8 Å².